The highest BCUT2D eigenvalue weighted by molar-refractivity contribution is 5.93. The molecule has 3 aromatic heterocycles. The largest absolute Gasteiger partial charge is 0.378 e. The maximum absolute atomic E-state index is 12.7. The lowest BCUT2D eigenvalue weighted by atomic mass is 10.1. The molecular weight excluding hydrogens is 418 g/mol. The number of amides is 1. The molecule has 0 aliphatic carbocycles. The van der Waals surface area contributed by atoms with Gasteiger partial charge in [0.15, 0.2) is 17.2 Å². The lowest BCUT2D eigenvalue weighted by Crippen LogP contribution is -2.37. The number of fused-ring (bicyclic) bond motifs is 1. The van der Waals surface area contributed by atoms with Gasteiger partial charge in [-0.25, -0.2) is 9.67 Å². The molecule has 33 heavy (non-hydrogen) atoms. The van der Waals surface area contributed by atoms with E-state index in [1.54, 1.807) is 27.2 Å². The number of aryl methyl sites for hydroxylation is 1. The van der Waals surface area contributed by atoms with Crippen LogP contribution in [0.15, 0.2) is 48.7 Å². The van der Waals surface area contributed by atoms with E-state index in [9.17, 15) is 4.79 Å². The monoisotopic (exact) mass is 445 g/mol. The summed E-state index contributed by atoms with van der Waals surface area (Å²) < 4.78 is 9.05. The fourth-order valence-electron chi connectivity index (χ4n) is 3.93. The van der Waals surface area contributed by atoms with Gasteiger partial charge in [-0.2, -0.15) is 14.7 Å². The van der Waals surface area contributed by atoms with Crippen molar-refractivity contribution in [1.82, 2.24) is 29.3 Å². The van der Waals surface area contributed by atoms with Crippen molar-refractivity contribution < 1.29 is 9.53 Å². The van der Waals surface area contributed by atoms with Gasteiger partial charge in [0.25, 0.3) is 5.91 Å². The molecule has 1 amide bonds. The van der Waals surface area contributed by atoms with Gasteiger partial charge in [-0.05, 0) is 26.0 Å². The number of morpholine rings is 1. The van der Waals surface area contributed by atoms with E-state index >= 15 is 0 Å². The first-order chi connectivity index (χ1) is 16.0. The molecule has 0 N–H and O–H groups in total. The molecule has 1 aliphatic heterocycles. The highest BCUT2D eigenvalue weighted by Crippen LogP contribution is 2.24. The van der Waals surface area contributed by atoms with Crippen LogP contribution in [0.25, 0.3) is 22.7 Å². The summed E-state index contributed by atoms with van der Waals surface area (Å²) in [7, 11) is 1.77. The third-order valence-electron chi connectivity index (χ3n) is 5.91. The summed E-state index contributed by atoms with van der Waals surface area (Å²) in [5.74, 6) is 1.41. The first kappa shape index (κ1) is 21.1. The predicted octanol–water partition coefficient (Wildman–Crippen LogP) is 2.82. The van der Waals surface area contributed by atoms with Crippen LogP contribution in [0.2, 0.25) is 0 Å². The standard InChI is InChI=1S/C24H27N7O2/c1-4-28(3)24(32)20-15-22-25-21(16-23(31(22)27-20)29-10-12-33-13-11-29)30-9-8-19(26-30)18-7-5-6-17(2)14-18/h5-9,14-16H,4,10-13H2,1-3H3. The van der Waals surface area contributed by atoms with Gasteiger partial charge in [-0.3, -0.25) is 4.79 Å². The number of carbonyl (C=O) groups excluding carboxylic acids is 1. The zero-order valence-electron chi connectivity index (χ0n) is 19.1. The molecule has 9 nitrogen and oxygen atoms in total. The summed E-state index contributed by atoms with van der Waals surface area (Å²) in [5.41, 5.74) is 4.10. The molecule has 0 bridgehead atoms. The van der Waals surface area contributed by atoms with Gasteiger partial charge in [0, 0.05) is 50.6 Å². The van der Waals surface area contributed by atoms with E-state index in [2.05, 4.69) is 35.1 Å². The molecule has 1 aromatic carbocycles. The Morgan fingerprint density at radius 1 is 1.12 bits per heavy atom. The van der Waals surface area contributed by atoms with E-state index in [0.29, 0.717) is 36.9 Å². The van der Waals surface area contributed by atoms with Crippen molar-refractivity contribution in [1.29, 1.82) is 0 Å². The van der Waals surface area contributed by atoms with Crippen molar-refractivity contribution in [2.24, 2.45) is 0 Å². The predicted molar refractivity (Wildman–Crippen MR) is 126 cm³/mol. The number of benzene rings is 1. The molecule has 4 heterocycles. The summed E-state index contributed by atoms with van der Waals surface area (Å²) in [6.07, 6.45) is 1.91. The lowest BCUT2D eigenvalue weighted by Gasteiger charge is -2.29. The Labute approximate surface area is 192 Å². The lowest BCUT2D eigenvalue weighted by molar-refractivity contribution is 0.0796. The number of rotatable bonds is 5. The number of anilines is 1. The zero-order chi connectivity index (χ0) is 22.9. The SMILES string of the molecule is CCN(C)C(=O)c1cc2nc(-n3ccc(-c4cccc(C)c4)n3)cc(N3CCOCC3)n2n1. The second-order valence-electron chi connectivity index (χ2n) is 8.21. The average Bonchev–Trinajstić information content (AvgIpc) is 3.50. The smallest absolute Gasteiger partial charge is 0.274 e. The molecule has 0 spiro atoms. The minimum absolute atomic E-state index is 0.127. The van der Waals surface area contributed by atoms with E-state index in [-0.39, 0.29) is 5.91 Å². The highest BCUT2D eigenvalue weighted by Gasteiger charge is 2.21. The summed E-state index contributed by atoms with van der Waals surface area (Å²) in [4.78, 5) is 21.4. The van der Waals surface area contributed by atoms with Crippen molar-refractivity contribution in [3.05, 3.63) is 59.9 Å². The molecule has 0 saturated carbocycles. The zero-order valence-corrected chi connectivity index (χ0v) is 19.1. The second-order valence-corrected chi connectivity index (χ2v) is 8.21. The first-order valence-corrected chi connectivity index (χ1v) is 11.2. The van der Waals surface area contributed by atoms with E-state index in [1.807, 2.05) is 31.3 Å². The highest BCUT2D eigenvalue weighted by atomic mass is 16.5. The van der Waals surface area contributed by atoms with Crippen molar-refractivity contribution in [3.8, 4) is 17.1 Å². The van der Waals surface area contributed by atoms with E-state index in [1.165, 1.54) is 5.56 Å². The van der Waals surface area contributed by atoms with Crippen LogP contribution >= 0.6 is 0 Å². The van der Waals surface area contributed by atoms with E-state index in [0.717, 1.165) is 30.2 Å². The molecule has 5 rings (SSSR count). The normalized spacial score (nSPS) is 14.1. The van der Waals surface area contributed by atoms with Crippen molar-refractivity contribution in [2.75, 3.05) is 44.8 Å². The van der Waals surface area contributed by atoms with Gasteiger partial charge in [0.2, 0.25) is 0 Å². The number of hydrogen-bond donors (Lipinski definition) is 0. The molecule has 170 valence electrons. The molecule has 1 aliphatic rings. The van der Waals surface area contributed by atoms with Gasteiger partial charge in [-0.15, -0.1) is 0 Å². The summed E-state index contributed by atoms with van der Waals surface area (Å²) in [6, 6.07) is 14.0. The summed E-state index contributed by atoms with van der Waals surface area (Å²) in [6.45, 7) is 7.38. The van der Waals surface area contributed by atoms with Gasteiger partial charge >= 0.3 is 0 Å². The Morgan fingerprint density at radius 2 is 1.94 bits per heavy atom. The van der Waals surface area contributed by atoms with Gasteiger partial charge < -0.3 is 14.5 Å². The number of ether oxygens (including phenoxy) is 1. The van der Waals surface area contributed by atoms with Crippen molar-refractivity contribution >= 4 is 17.4 Å². The van der Waals surface area contributed by atoms with Crippen LogP contribution in [0.4, 0.5) is 5.82 Å². The number of carbonyl (C=O) groups is 1. The third kappa shape index (κ3) is 4.07. The quantitative estimate of drug-likeness (QED) is 0.470. The van der Waals surface area contributed by atoms with Crippen molar-refractivity contribution in [3.63, 3.8) is 0 Å². The second kappa shape index (κ2) is 8.67. The van der Waals surface area contributed by atoms with Crippen molar-refractivity contribution in [2.45, 2.75) is 13.8 Å². The molecule has 0 radical (unpaired) electrons. The number of aromatic nitrogens is 5. The van der Waals surface area contributed by atoms with Crippen LogP contribution in [0.1, 0.15) is 23.0 Å². The topological polar surface area (TPSA) is 80.8 Å². The Morgan fingerprint density at radius 3 is 2.70 bits per heavy atom. The Hall–Kier alpha value is -3.72. The maximum atomic E-state index is 12.7. The Balaban J connectivity index is 1.60. The molecule has 1 saturated heterocycles. The number of hydrogen-bond acceptors (Lipinski definition) is 6. The Kier molecular flexibility index (Phi) is 5.55. The molecule has 0 unspecified atom stereocenters. The fraction of sp³-hybridized carbons (Fsp3) is 0.333. The van der Waals surface area contributed by atoms with Crippen LogP contribution in [0, 0.1) is 6.92 Å². The molecule has 0 atom stereocenters. The van der Waals surface area contributed by atoms with Crippen LogP contribution in [-0.2, 0) is 4.74 Å². The molecule has 9 heteroatoms. The third-order valence-corrected chi connectivity index (χ3v) is 5.91. The van der Waals surface area contributed by atoms with E-state index < -0.39 is 0 Å². The van der Waals surface area contributed by atoms with Gasteiger partial charge in [0.05, 0.1) is 18.9 Å². The van der Waals surface area contributed by atoms with Crippen LogP contribution < -0.4 is 4.90 Å². The summed E-state index contributed by atoms with van der Waals surface area (Å²) in [5, 5.41) is 9.38. The first-order valence-electron chi connectivity index (χ1n) is 11.2. The number of nitrogens with zero attached hydrogens (tertiary/aromatic N) is 7. The average molecular weight is 446 g/mol. The van der Waals surface area contributed by atoms with Crippen LogP contribution in [0.5, 0.6) is 0 Å². The Bertz CT molecular complexity index is 1300. The summed E-state index contributed by atoms with van der Waals surface area (Å²) >= 11 is 0. The molecule has 1 fully saturated rings. The van der Waals surface area contributed by atoms with Gasteiger partial charge in [-0.1, -0.05) is 23.8 Å². The fourth-order valence-corrected chi connectivity index (χ4v) is 3.93. The van der Waals surface area contributed by atoms with E-state index in [4.69, 9.17) is 14.8 Å². The van der Waals surface area contributed by atoms with Gasteiger partial charge in [0.1, 0.15) is 5.82 Å². The molecular formula is C24H27N7O2. The molecule has 4 aromatic rings. The minimum atomic E-state index is -0.127. The van der Waals surface area contributed by atoms with Crippen LogP contribution in [-0.4, -0.2) is 75.1 Å². The maximum Gasteiger partial charge on any atom is 0.274 e. The minimum Gasteiger partial charge on any atom is -0.378 e. The van der Waals surface area contributed by atoms with Crippen LogP contribution in [0.3, 0.4) is 0 Å².